The van der Waals surface area contributed by atoms with Crippen LogP contribution in [-0.4, -0.2) is 30.1 Å². The molecule has 0 spiro atoms. The van der Waals surface area contributed by atoms with Gasteiger partial charge in [-0.2, -0.15) is 0 Å². The molecule has 2 unspecified atom stereocenters. The van der Waals surface area contributed by atoms with Crippen molar-refractivity contribution < 1.29 is 4.74 Å². The average molecular weight is 440 g/mol. The lowest BCUT2D eigenvalue weighted by Gasteiger charge is -2.39. The third-order valence-corrected chi connectivity index (χ3v) is 7.72. The lowest BCUT2D eigenvalue weighted by molar-refractivity contribution is 0.0461. The van der Waals surface area contributed by atoms with Crippen molar-refractivity contribution in [2.24, 2.45) is 5.92 Å². The normalized spacial score (nSPS) is 22.6. The molecular weight excluding hydrogens is 402 g/mol. The lowest BCUT2D eigenvalue weighted by atomic mass is 9.88. The Bertz CT molecular complexity index is 904. The van der Waals surface area contributed by atoms with Gasteiger partial charge in [-0.3, -0.25) is 4.90 Å². The molecule has 0 radical (unpaired) electrons. The van der Waals surface area contributed by atoms with Crippen LogP contribution < -0.4 is 0 Å². The number of piperidine rings is 1. The van der Waals surface area contributed by atoms with Crippen LogP contribution in [0.25, 0.3) is 0 Å². The van der Waals surface area contributed by atoms with E-state index in [1.807, 2.05) is 0 Å². The van der Waals surface area contributed by atoms with E-state index in [4.69, 9.17) is 4.74 Å². The topological polar surface area (TPSA) is 12.5 Å². The minimum atomic E-state index is 0.0298. The molecule has 2 heterocycles. The fourth-order valence-corrected chi connectivity index (χ4v) is 6.09. The van der Waals surface area contributed by atoms with Crippen molar-refractivity contribution in [1.29, 1.82) is 0 Å². The number of hydrogen-bond donors (Lipinski definition) is 0. The lowest BCUT2D eigenvalue weighted by Crippen LogP contribution is -2.43. The van der Waals surface area contributed by atoms with Crippen LogP contribution in [0.15, 0.2) is 91.0 Å². The fourth-order valence-electron chi connectivity index (χ4n) is 6.09. The monoisotopic (exact) mass is 439 g/mol. The summed E-state index contributed by atoms with van der Waals surface area (Å²) in [5.74, 6) is 0.806. The van der Waals surface area contributed by atoms with Gasteiger partial charge in [0.2, 0.25) is 0 Å². The van der Waals surface area contributed by atoms with Crippen LogP contribution in [0.3, 0.4) is 0 Å². The molecule has 2 fully saturated rings. The van der Waals surface area contributed by atoms with Crippen molar-refractivity contribution in [3.05, 3.63) is 108 Å². The summed E-state index contributed by atoms with van der Waals surface area (Å²) in [5.41, 5.74) is 3.97. The summed E-state index contributed by atoms with van der Waals surface area (Å²) >= 11 is 0. The van der Waals surface area contributed by atoms with E-state index in [0.717, 1.165) is 24.6 Å². The highest BCUT2D eigenvalue weighted by molar-refractivity contribution is 5.29. The van der Waals surface area contributed by atoms with Crippen LogP contribution in [0.5, 0.6) is 0 Å². The van der Waals surface area contributed by atoms with Crippen molar-refractivity contribution in [3.8, 4) is 0 Å². The minimum absolute atomic E-state index is 0.0298. The molecule has 3 aromatic rings. The summed E-state index contributed by atoms with van der Waals surface area (Å²) in [4.78, 5) is 2.84. The second-order valence-corrected chi connectivity index (χ2v) is 9.91. The largest absolute Gasteiger partial charge is 0.369 e. The van der Waals surface area contributed by atoms with Crippen molar-refractivity contribution in [3.63, 3.8) is 0 Å². The minimum Gasteiger partial charge on any atom is -0.369 e. The maximum atomic E-state index is 6.53. The first-order valence-corrected chi connectivity index (χ1v) is 12.9. The van der Waals surface area contributed by atoms with Gasteiger partial charge in [0.1, 0.15) is 6.10 Å². The van der Waals surface area contributed by atoms with Crippen LogP contribution >= 0.6 is 0 Å². The molecule has 0 aliphatic carbocycles. The van der Waals surface area contributed by atoms with E-state index in [1.165, 1.54) is 68.2 Å². The van der Waals surface area contributed by atoms with Crippen molar-refractivity contribution in [2.45, 2.75) is 63.1 Å². The third kappa shape index (κ3) is 5.75. The molecule has 2 aliphatic heterocycles. The van der Waals surface area contributed by atoms with Gasteiger partial charge in [0.05, 0.1) is 0 Å². The number of aryl methyl sites for hydroxylation is 1. The van der Waals surface area contributed by atoms with Crippen molar-refractivity contribution in [2.75, 3.05) is 13.2 Å². The Morgan fingerprint density at radius 3 is 1.85 bits per heavy atom. The molecule has 172 valence electrons. The Morgan fingerprint density at radius 2 is 1.27 bits per heavy atom. The molecule has 0 amide bonds. The second-order valence-electron chi connectivity index (χ2n) is 9.91. The molecule has 0 aromatic heterocycles. The molecule has 2 bridgehead atoms. The number of nitrogens with zero attached hydrogens (tertiary/aromatic N) is 1. The van der Waals surface area contributed by atoms with Crippen LogP contribution in [-0.2, 0) is 11.2 Å². The molecule has 3 aromatic carbocycles. The fraction of sp³-hybridized carbons (Fsp3) is 0.419. The first-order chi connectivity index (χ1) is 16.4. The summed E-state index contributed by atoms with van der Waals surface area (Å²) in [6.45, 7) is 2.10. The van der Waals surface area contributed by atoms with E-state index in [2.05, 4.69) is 95.9 Å². The molecule has 0 saturated carbocycles. The van der Waals surface area contributed by atoms with Gasteiger partial charge in [0.15, 0.2) is 0 Å². The highest BCUT2D eigenvalue weighted by Crippen LogP contribution is 2.40. The summed E-state index contributed by atoms with van der Waals surface area (Å²) in [7, 11) is 0. The van der Waals surface area contributed by atoms with Gasteiger partial charge in [0, 0.05) is 18.7 Å². The van der Waals surface area contributed by atoms with Gasteiger partial charge >= 0.3 is 0 Å². The van der Waals surface area contributed by atoms with E-state index in [9.17, 15) is 0 Å². The third-order valence-electron chi connectivity index (χ3n) is 7.72. The van der Waals surface area contributed by atoms with E-state index >= 15 is 0 Å². The summed E-state index contributed by atoms with van der Waals surface area (Å²) in [5, 5.41) is 0. The average Bonchev–Trinajstić information content (AvgIpc) is 3.11. The zero-order chi connectivity index (χ0) is 22.3. The van der Waals surface area contributed by atoms with E-state index in [-0.39, 0.29) is 6.10 Å². The maximum Gasteiger partial charge on any atom is 0.108 e. The number of benzene rings is 3. The first kappa shape index (κ1) is 22.4. The highest BCUT2D eigenvalue weighted by atomic mass is 16.5. The zero-order valence-corrected chi connectivity index (χ0v) is 19.7. The van der Waals surface area contributed by atoms with Gasteiger partial charge in [-0.15, -0.1) is 0 Å². The van der Waals surface area contributed by atoms with Crippen LogP contribution in [0, 0.1) is 5.92 Å². The van der Waals surface area contributed by atoms with Crippen LogP contribution in [0.4, 0.5) is 0 Å². The molecule has 2 heteroatoms. The second kappa shape index (κ2) is 11.1. The zero-order valence-electron chi connectivity index (χ0n) is 19.7. The standard InChI is InChI=1S/C31H37NO/c1-4-11-25(12-5-1)13-10-21-32-29-18-19-30(32)24-26(23-29)20-22-33-31(27-14-6-2-7-15-27)28-16-8-3-9-17-28/h1-9,11-12,14-17,26,29-31H,10,13,18-24H2. The Balaban J connectivity index is 1.12. The Labute approximate surface area is 199 Å². The van der Waals surface area contributed by atoms with Crippen LogP contribution in [0.1, 0.15) is 61.3 Å². The summed E-state index contributed by atoms with van der Waals surface area (Å²) in [6, 6.07) is 33.9. The maximum absolute atomic E-state index is 6.53. The number of ether oxygens (including phenoxy) is 1. The molecule has 2 nitrogen and oxygen atoms in total. The quantitative estimate of drug-likeness (QED) is 0.335. The summed E-state index contributed by atoms with van der Waals surface area (Å²) in [6.07, 6.45) is 9.19. The molecule has 2 saturated heterocycles. The van der Waals surface area contributed by atoms with Crippen molar-refractivity contribution in [1.82, 2.24) is 4.90 Å². The Hall–Kier alpha value is -2.42. The van der Waals surface area contributed by atoms with Gasteiger partial charge in [0.25, 0.3) is 0 Å². The molecular formula is C31H37NO. The van der Waals surface area contributed by atoms with Gasteiger partial charge < -0.3 is 4.74 Å². The Morgan fingerprint density at radius 1 is 0.727 bits per heavy atom. The summed E-state index contributed by atoms with van der Waals surface area (Å²) < 4.78 is 6.53. The molecule has 2 atom stereocenters. The highest BCUT2D eigenvalue weighted by Gasteiger charge is 2.39. The number of hydrogen-bond acceptors (Lipinski definition) is 2. The molecule has 5 rings (SSSR count). The Kier molecular flexibility index (Phi) is 7.55. The first-order valence-electron chi connectivity index (χ1n) is 12.9. The SMILES string of the molecule is c1ccc(CCCN2C3CCC2CC(CCOC(c2ccccc2)c2ccccc2)C3)cc1. The van der Waals surface area contributed by atoms with Gasteiger partial charge in [-0.05, 0) is 74.1 Å². The van der Waals surface area contributed by atoms with E-state index < -0.39 is 0 Å². The van der Waals surface area contributed by atoms with Crippen molar-refractivity contribution >= 4 is 0 Å². The van der Waals surface area contributed by atoms with E-state index in [1.54, 1.807) is 0 Å². The van der Waals surface area contributed by atoms with E-state index in [0.29, 0.717) is 0 Å². The van der Waals surface area contributed by atoms with Gasteiger partial charge in [-0.1, -0.05) is 91.0 Å². The molecule has 0 N–H and O–H groups in total. The van der Waals surface area contributed by atoms with Gasteiger partial charge in [-0.25, -0.2) is 0 Å². The number of rotatable bonds is 10. The smallest absolute Gasteiger partial charge is 0.108 e. The molecule has 2 aliphatic rings. The number of fused-ring (bicyclic) bond motifs is 2. The predicted octanol–water partition coefficient (Wildman–Crippen LogP) is 7.06. The molecule has 33 heavy (non-hydrogen) atoms. The predicted molar refractivity (Wildman–Crippen MR) is 136 cm³/mol. The van der Waals surface area contributed by atoms with Crippen LogP contribution in [0.2, 0.25) is 0 Å².